The van der Waals surface area contributed by atoms with Crippen molar-refractivity contribution in [2.75, 3.05) is 43.1 Å². The number of nitrogens with one attached hydrogen (secondary N) is 1. The van der Waals surface area contributed by atoms with Gasteiger partial charge < -0.3 is 15.0 Å². The Bertz CT molecular complexity index is 990. The second-order valence-electron chi connectivity index (χ2n) is 6.69. The van der Waals surface area contributed by atoms with Crippen LogP contribution in [0.1, 0.15) is 5.69 Å². The zero-order valence-electron chi connectivity index (χ0n) is 16.1. The Morgan fingerprint density at radius 1 is 1.13 bits per heavy atom. The van der Waals surface area contributed by atoms with Gasteiger partial charge in [0.2, 0.25) is 5.91 Å². The van der Waals surface area contributed by atoms with Gasteiger partial charge in [-0.1, -0.05) is 18.2 Å². The van der Waals surface area contributed by atoms with Crippen LogP contribution in [-0.4, -0.2) is 59.8 Å². The minimum absolute atomic E-state index is 0.250. The number of carbonyl (C=O) groups is 3. The molecule has 8 nitrogen and oxygen atoms in total. The summed E-state index contributed by atoms with van der Waals surface area (Å²) in [6.45, 7) is 2.37. The first kappa shape index (κ1) is 20.1. The molecule has 0 saturated carbocycles. The van der Waals surface area contributed by atoms with E-state index < -0.39 is 17.1 Å². The third kappa shape index (κ3) is 4.52. The average Bonchev–Trinajstić information content (AvgIpc) is 3.03. The number of para-hydroxylation sites is 2. The van der Waals surface area contributed by atoms with E-state index in [9.17, 15) is 14.4 Å². The lowest BCUT2D eigenvalue weighted by Crippen LogP contribution is -2.38. The fourth-order valence-corrected chi connectivity index (χ4v) is 4.05. The molecule has 1 aromatic heterocycles. The van der Waals surface area contributed by atoms with E-state index in [0.29, 0.717) is 24.6 Å². The Morgan fingerprint density at radius 3 is 2.67 bits per heavy atom. The highest BCUT2D eigenvalue weighted by Crippen LogP contribution is 2.32. The first-order chi connectivity index (χ1) is 14.6. The fourth-order valence-electron chi connectivity index (χ4n) is 3.22. The molecule has 0 atom stereocenters. The molecule has 3 amide bonds. The predicted molar refractivity (Wildman–Crippen MR) is 115 cm³/mol. The Balaban J connectivity index is 1.44. The smallest absolute Gasteiger partial charge is 0.294 e. The van der Waals surface area contributed by atoms with Crippen molar-refractivity contribution in [3.8, 4) is 0 Å². The summed E-state index contributed by atoms with van der Waals surface area (Å²) in [6, 6.07) is 12.8. The molecule has 0 aliphatic carbocycles. The lowest BCUT2D eigenvalue weighted by atomic mass is 10.2. The predicted octanol–water partition coefficient (Wildman–Crippen LogP) is 2.59. The largest absolute Gasteiger partial charge is 0.378 e. The van der Waals surface area contributed by atoms with Crippen LogP contribution in [0.3, 0.4) is 0 Å². The Hall–Kier alpha value is -3.17. The van der Waals surface area contributed by atoms with Gasteiger partial charge in [-0.2, -0.15) is 0 Å². The minimum Gasteiger partial charge on any atom is -0.378 e. The highest BCUT2D eigenvalue weighted by Gasteiger charge is 2.36. The number of rotatable bonds is 5. The van der Waals surface area contributed by atoms with Crippen LogP contribution in [0.25, 0.3) is 6.08 Å². The van der Waals surface area contributed by atoms with Gasteiger partial charge >= 0.3 is 0 Å². The van der Waals surface area contributed by atoms with Gasteiger partial charge in [0, 0.05) is 19.3 Å². The molecule has 0 radical (unpaired) electrons. The molecule has 3 heterocycles. The van der Waals surface area contributed by atoms with Crippen LogP contribution in [0.4, 0.5) is 16.2 Å². The van der Waals surface area contributed by atoms with Crippen molar-refractivity contribution >= 4 is 46.3 Å². The summed E-state index contributed by atoms with van der Waals surface area (Å²) in [6.07, 6.45) is 3.16. The summed E-state index contributed by atoms with van der Waals surface area (Å²) in [7, 11) is 0. The van der Waals surface area contributed by atoms with Gasteiger partial charge in [-0.3, -0.25) is 24.3 Å². The number of hydrogen-bond acceptors (Lipinski definition) is 7. The van der Waals surface area contributed by atoms with Crippen LogP contribution in [0.2, 0.25) is 0 Å². The number of nitrogens with zero attached hydrogens (tertiary/aromatic N) is 3. The molecule has 2 fully saturated rings. The van der Waals surface area contributed by atoms with Gasteiger partial charge in [0.15, 0.2) is 0 Å². The van der Waals surface area contributed by atoms with Crippen LogP contribution in [-0.2, 0) is 14.3 Å². The SMILES string of the molecule is O=C(CN1C(=O)S/C(=C\c2ccccn2)C1=O)Nc1ccccc1N1CCOCC1. The number of ether oxygens (including phenoxy) is 1. The van der Waals surface area contributed by atoms with E-state index in [-0.39, 0.29) is 11.4 Å². The van der Waals surface area contributed by atoms with Crippen molar-refractivity contribution in [3.63, 3.8) is 0 Å². The highest BCUT2D eigenvalue weighted by atomic mass is 32.2. The summed E-state index contributed by atoms with van der Waals surface area (Å²) in [5.41, 5.74) is 2.10. The molecule has 0 bridgehead atoms. The first-order valence-corrected chi connectivity index (χ1v) is 10.3. The van der Waals surface area contributed by atoms with E-state index in [1.165, 1.54) is 0 Å². The molecular weight excluding hydrogens is 404 g/mol. The number of morpholine rings is 1. The molecule has 154 valence electrons. The standard InChI is InChI=1S/C21H20N4O4S/c26-19(23-16-6-1-2-7-17(16)24-9-11-29-12-10-24)14-25-20(27)18(30-21(25)28)13-15-5-3-4-8-22-15/h1-8,13H,9-12,14H2,(H,23,26)/b18-13-. The lowest BCUT2D eigenvalue weighted by Gasteiger charge is -2.30. The molecule has 2 aliphatic heterocycles. The fraction of sp³-hybridized carbons (Fsp3) is 0.238. The topological polar surface area (TPSA) is 91.8 Å². The highest BCUT2D eigenvalue weighted by molar-refractivity contribution is 8.18. The van der Waals surface area contributed by atoms with Crippen molar-refractivity contribution in [1.29, 1.82) is 0 Å². The maximum Gasteiger partial charge on any atom is 0.294 e. The molecule has 0 spiro atoms. The number of pyridine rings is 1. The first-order valence-electron chi connectivity index (χ1n) is 9.50. The molecule has 0 unspecified atom stereocenters. The molecule has 2 aliphatic rings. The van der Waals surface area contributed by atoms with Crippen molar-refractivity contribution in [2.45, 2.75) is 0 Å². The van der Waals surface area contributed by atoms with E-state index >= 15 is 0 Å². The summed E-state index contributed by atoms with van der Waals surface area (Å²) in [5.74, 6) is -0.927. The zero-order valence-corrected chi connectivity index (χ0v) is 16.9. The molecule has 1 aromatic carbocycles. The van der Waals surface area contributed by atoms with Crippen LogP contribution in [0.5, 0.6) is 0 Å². The van der Waals surface area contributed by atoms with Crippen LogP contribution in [0, 0.1) is 0 Å². The van der Waals surface area contributed by atoms with Crippen molar-refractivity contribution in [2.24, 2.45) is 0 Å². The van der Waals surface area contributed by atoms with Crippen molar-refractivity contribution < 1.29 is 19.1 Å². The normalized spacial score (nSPS) is 18.2. The van der Waals surface area contributed by atoms with Crippen molar-refractivity contribution in [1.82, 2.24) is 9.88 Å². The summed E-state index contributed by atoms with van der Waals surface area (Å²) in [5, 5.41) is 2.36. The van der Waals surface area contributed by atoms with E-state index in [2.05, 4.69) is 15.2 Å². The molecule has 2 saturated heterocycles. The molecule has 4 rings (SSSR count). The average molecular weight is 424 g/mol. The van der Waals surface area contributed by atoms with Gasteiger partial charge in [-0.25, -0.2) is 0 Å². The van der Waals surface area contributed by atoms with E-state index in [1.807, 2.05) is 18.2 Å². The Kier molecular flexibility index (Phi) is 6.10. The van der Waals surface area contributed by atoms with Crippen LogP contribution in [0.15, 0.2) is 53.6 Å². The van der Waals surface area contributed by atoms with Gasteiger partial charge in [-0.15, -0.1) is 0 Å². The minimum atomic E-state index is -0.493. The van der Waals surface area contributed by atoms with Gasteiger partial charge in [0.25, 0.3) is 11.1 Å². The summed E-state index contributed by atoms with van der Waals surface area (Å²) in [4.78, 5) is 45.0. The molecule has 1 N–H and O–H groups in total. The van der Waals surface area contributed by atoms with Gasteiger partial charge in [0.05, 0.1) is 35.2 Å². The molecule has 9 heteroatoms. The molecule has 30 heavy (non-hydrogen) atoms. The molecular formula is C21H20N4O4S. The van der Waals surface area contributed by atoms with Gasteiger partial charge in [-0.05, 0) is 42.1 Å². The van der Waals surface area contributed by atoms with E-state index in [1.54, 1.807) is 36.5 Å². The van der Waals surface area contributed by atoms with Gasteiger partial charge in [0.1, 0.15) is 6.54 Å². The number of benzene rings is 1. The number of amides is 3. The number of anilines is 2. The third-order valence-corrected chi connectivity index (χ3v) is 5.58. The Labute approximate surface area is 177 Å². The summed E-state index contributed by atoms with van der Waals surface area (Å²) < 4.78 is 5.38. The Morgan fingerprint density at radius 2 is 1.90 bits per heavy atom. The number of carbonyl (C=O) groups excluding carboxylic acids is 3. The maximum atomic E-state index is 12.6. The monoisotopic (exact) mass is 424 g/mol. The summed E-state index contributed by atoms with van der Waals surface area (Å²) >= 11 is 0.807. The van der Waals surface area contributed by atoms with Crippen LogP contribution < -0.4 is 10.2 Å². The van der Waals surface area contributed by atoms with Crippen molar-refractivity contribution in [3.05, 3.63) is 59.3 Å². The number of imide groups is 1. The number of aromatic nitrogens is 1. The second kappa shape index (κ2) is 9.10. The number of thioether (sulfide) groups is 1. The van der Waals surface area contributed by atoms with Crippen LogP contribution >= 0.6 is 11.8 Å². The lowest BCUT2D eigenvalue weighted by molar-refractivity contribution is -0.127. The quantitative estimate of drug-likeness (QED) is 0.738. The number of hydrogen-bond donors (Lipinski definition) is 1. The molecule has 2 aromatic rings. The van der Waals surface area contributed by atoms with E-state index in [4.69, 9.17) is 4.74 Å². The third-order valence-electron chi connectivity index (χ3n) is 4.67. The maximum absolute atomic E-state index is 12.6. The second-order valence-corrected chi connectivity index (χ2v) is 7.68. The van der Waals surface area contributed by atoms with E-state index in [0.717, 1.165) is 35.4 Å². The zero-order chi connectivity index (χ0) is 20.9.